The molecule has 0 radical (unpaired) electrons. The van der Waals surface area contributed by atoms with E-state index >= 15 is 0 Å². The number of nitrogens with one attached hydrogen (secondary N) is 1. The number of aromatic amines is 1. The summed E-state index contributed by atoms with van der Waals surface area (Å²) in [5.41, 5.74) is 2.94. The van der Waals surface area contributed by atoms with Crippen molar-refractivity contribution in [1.29, 1.82) is 0 Å². The van der Waals surface area contributed by atoms with Crippen LogP contribution in [-0.2, 0) is 4.79 Å². The maximum absolute atomic E-state index is 13.1. The van der Waals surface area contributed by atoms with E-state index < -0.39 is 0 Å². The van der Waals surface area contributed by atoms with Crippen LogP contribution in [0.3, 0.4) is 0 Å². The number of aromatic nitrogens is 3. The van der Waals surface area contributed by atoms with Crippen molar-refractivity contribution in [3.05, 3.63) is 63.6 Å². The monoisotopic (exact) mass is 483 g/mol. The molecule has 33 heavy (non-hydrogen) atoms. The summed E-state index contributed by atoms with van der Waals surface area (Å²) in [6, 6.07) is 10.7. The van der Waals surface area contributed by atoms with Gasteiger partial charge in [-0.15, -0.1) is 5.10 Å². The van der Waals surface area contributed by atoms with Gasteiger partial charge in [-0.1, -0.05) is 28.4 Å². The molecule has 1 unspecified atom stereocenters. The van der Waals surface area contributed by atoms with E-state index in [1.54, 1.807) is 36.4 Å². The minimum atomic E-state index is -0.0140. The first-order chi connectivity index (χ1) is 16.0. The van der Waals surface area contributed by atoms with Gasteiger partial charge in [0.25, 0.3) is 5.91 Å². The fourth-order valence-corrected chi connectivity index (χ4v) is 5.38. The van der Waals surface area contributed by atoms with Crippen LogP contribution in [0.4, 0.5) is 0 Å². The summed E-state index contributed by atoms with van der Waals surface area (Å²) in [6.45, 7) is 2.82. The van der Waals surface area contributed by atoms with Gasteiger partial charge in [0.05, 0.1) is 5.52 Å². The molecule has 0 bridgehead atoms. The van der Waals surface area contributed by atoms with Crippen LogP contribution in [0.25, 0.3) is 17.1 Å². The zero-order valence-electron chi connectivity index (χ0n) is 17.9. The van der Waals surface area contributed by atoms with E-state index in [2.05, 4.69) is 15.4 Å². The van der Waals surface area contributed by atoms with Crippen LogP contribution in [0.15, 0.2) is 42.5 Å². The third-order valence-corrected chi connectivity index (χ3v) is 7.03. The third kappa shape index (κ3) is 4.75. The molecule has 2 atom stereocenters. The number of nitrogens with zero attached hydrogens (tertiary/aromatic N) is 4. The molecule has 0 aliphatic carbocycles. The lowest BCUT2D eigenvalue weighted by Gasteiger charge is -2.21. The molecule has 2 aliphatic rings. The maximum atomic E-state index is 13.1. The highest BCUT2D eigenvalue weighted by molar-refractivity contribution is 6.34. The number of amides is 2. The van der Waals surface area contributed by atoms with Crippen LogP contribution in [-0.4, -0.2) is 63.2 Å². The Kier molecular flexibility index (Phi) is 6.08. The number of hydrogen-bond donors (Lipinski definition) is 1. The van der Waals surface area contributed by atoms with Crippen molar-refractivity contribution in [2.24, 2.45) is 11.8 Å². The predicted molar refractivity (Wildman–Crippen MR) is 128 cm³/mol. The number of fused-ring (bicyclic) bond motifs is 2. The summed E-state index contributed by atoms with van der Waals surface area (Å²) >= 11 is 12.1. The normalized spacial score (nSPS) is 20.9. The third-order valence-electron chi connectivity index (χ3n) is 6.59. The van der Waals surface area contributed by atoms with Crippen molar-refractivity contribution in [1.82, 2.24) is 25.2 Å². The van der Waals surface area contributed by atoms with Crippen molar-refractivity contribution < 1.29 is 9.59 Å². The second kappa shape index (κ2) is 9.15. The Bertz CT molecular complexity index is 1200. The molecule has 2 amide bonds. The number of rotatable bonds is 3. The molecule has 5 rings (SSSR count). The maximum Gasteiger partial charge on any atom is 0.253 e. The Labute approximate surface area is 201 Å². The minimum absolute atomic E-state index is 0.0140. The van der Waals surface area contributed by atoms with Crippen LogP contribution in [0, 0.1) is 11.8 Å². The molecule has 3 heterocycles. The lowest BCUT2D eigenvalue weighted by atomic mass is 9.92. The van der Waals surface area contributed by atoms with Gasteiger partial charge in [0.2, 0.25) is 5.91 Å². The van der Waals surface area contributed by atoms with Crippen molar-refractivity contribution in [3.63, 3.8) is 0 Å². The fraction of sp³-hybridized carbons (Fsp3) is 0.333. The second-order valence-corrected chi connectivity index (χ2v) is 9.59. The second-order valence-electron chi connectivity index (χ2n) is 8.71. The average Bonchev–Trinajstić information content (AvgIpc) is 3.38. The number of carbonyl (C=O) groups is 2. The zero-order chi connectivity index (χ0) is 22.9. The molecule has 2 fully saturated rings. The lowest BCUT2D eigenvalue weighted by molar-refractivity contribution is -0.126. The van der Waals surface area contributed by atoms with E-state index in [0.717, 1.165) is 37.0 Å². The first-order valence-electron chi connectivity index (χ1n) is 11.0. The fourth-order valence-electron chi connectivity index (χ4n) is 4.84. The number of hydrogen-bond acceptors (Lipinski definition) is 4. The van der Waals surface area contributed by atoms with Gasteiger partial charge in [-0.2, -0.15) is 0 Å². The number of H-pyrrole nitrogens is 1. The Balaban J connectivity index is 1.19. The number of halogens is 2. The molecule has 2 aromatic carbocycles. The minimum Gasteiger partial charge on any atom is -0.339 e. The molecule has 1 N–H and O–H groups in total. The molecule has 1 aromatic heterocycles. The standard InChI is InChI=1S/C24H23Cl2N5O2/c25-19-9-15(10-20(26)12-19)1-4-23(32)30-7-5-17-13-31(14-18(17)6-8-30)24(33)16-2-3-21-22(11-16)28-29-27-21/h1-4,9-12,17-18H,5-8,13-14H2,(H,27,28,29)/b4-1+/t17-,18?/m1/s1. The molecule has 7 nitrogen and oxygen atoms in total. The van der Waals surface area contributed by atoms with Crippen LogP contribution >= 0.6 is 23.2 Å². The van der Waals surface area contributed by atoms with E-state index in [9.17, 15) is 9.59 Å². The number of carbonyl (C=O) groups excluding carboxylic acids is 2. The van der Waals surface area contributed by atoms with Gasteiger partial charge in [0.15, 0.2) is 0 Å². The molecule has 170 valence electrons. The molecule has 9 heteroatoms. The Morgan fingerprint density at radius 2 is 1.67 bits per heavy atom. The Morgan fingerprint density at radius 3 is 2.36 bits per heavy atom. The summed E-state index contributed by atoms with van der Waals surface area (Å²) in [6.07, 6.45) is 5.11. The first kappa shape index (κ1) is 21.9. The van der Waals surface area contributed by atoms with E-state index in [1.165, 1.54) is 0 Å². The lowest BCUT2D eigenvalue weighted by Crippen LogP contribution is -2.33. The molecular weight excluding hydrogens is 461 g/mol. The predicted octanol–water partition coefficient (Wildman–Crippen LogP) is 4.29. The molecule has 0 saturated carbocycles. The first-order valence-corrected chi connectivity index (χ1v) is 11.7. The average molecular weight is 484 g/mol. The highest BCUT2D eigenvalue weighted by Crippen LogP contribution is 2.33. The largest absolute Gasteiger partial charge is 0.339 e. The molecule has 3 aromatic rings. The van der Waals surface area contributed by atoms with Gasteiger partial charge in [-0.25, -0.2) is 0 Å². The SMILES string of the molecule is O=C(/C=C/c1cc(Cl)cc(Cl)c1)N1CCC2CN(C(=O)c3ccc4[nH]nnc4c3)C[C@H]2CC1. The van der Waals surface area contributed by atoms with Gasteiger partial charge < -0.3 is 9.80 Å². The van der Waals surface area contributed by atoms with Gasteiger partial charge in [0.1, 0.15) is 5.52 Å². The molecule has 2 saturated heterocycles. The van der Waals surface area contributed by atoms with Crippen LogP contribution in [0.2, 0.25) is 10.0 Å². The van der Waals surface area contributed by atoms with Crippen LogP contribution in [0.5, 0.6) is 0 Å². The van der Waals surface area contributed by atoms with Crippen molar-refractivity contribution in [2.75, 3.05) is 26.2 Å². The molecular formula is C24H23Cl2N5O2. The summed E-state index contributed by atoms with van der Waals surface area (Å²) in [4.78, 5) is 29.6. The topological polar surface area (TPSA) is 82.2 Å². The number of benzene rings is 2. The summed E-state index contributed by atoms with van der Waals surface area (Å²) in [5, 5.41) is 11.7. The van der Waals surface area contributed by atoms with Crippen molar-refractivity contribution in [3.8, 4) is 0 Å². The quantitative estimate of drug-likeness (QED) is 0.563. The van der Waals surface area contributed by atoms with Crippen LogP contribution < -0.4 is 0 Å². The summed E-state index contributed by atoms with van der Waals surface area (Å²) in [5.74, 6) is 0.820. The van der Waals surface area contributed by atoms with E-state index in [-0.39, 0.29) is 11.8 Å². The summed E-state index contributed by atoms with van der Waals surface area (Å²) in [7, 11) is 0. The smallest absolute Gasteiger partial charge is 0.253 e. The van der Waals surface area contributed by atoms with E-state index in [1.807, 2.05) is 21.9 Å². The van der Waals surface area contributed by atoms with Gasteiger partial charge in [-0.05, 0) is 72.7 Å². The van der Waals surface area contributed by atoms with Crippen molar-refractivity contribution in [2.45, 2.75) is 12.8 Å². The highest BCUT2D eigenvalue weighted by atomic mass is 35.5. The van der Waals surface area contributed by atoms with Gasteiger partial charge in [-0.3, -0.25) is 14.7 Å². The highest BCUT2D eigenvalue weighted by Gasteiger charge is 2.37. The Morgan fingerprint density at radius 1 is 0.970 bits per heavy atom. The van der Waals surface area contributed by atoms with Crippen molar-refractivity contribution >= 4 is 52.1 Å². The van der Waals surface area contributed by atoms with Gasteiger partial charge >= 0.3 is 0 Å². The van der Waals surface area contributed by atoms with Crippen LogP contribution in [0.1, 0.15) is 28.8 Å². The Hall–Kier alpha value is -2.90. The zero-order valence-corrected chi connectivity index (χ0v) is 19.4. The van der Waals surface area contributed by atoms with E-state index in [0.29, 0.717) is 46.1 Å². The molecule has 0 spiro atoms. The van der Waals surface area contributed by atoms with E-state index in [4.69, 9.17) is 23.2 Å². The molecule has 2 aliphatic heterocycles. The number of likely N-dealkylation sites (tertiary alicyclic amines) is 2. The summed E-state index contributed by atoms with van der Waals surface area (Å²) < 4.78 is 0. The van der Waals surface area contributed by atoms with Gasteiger partial charge in [0, 0.05) is 47.9 Å².